The number of alkyl halides is 3. The maximum Gasteiger partial charge on any atom is 0.418 e. The minimum absolute atomic E-state index is 0.0169. The molecule has 12 nitrogen and oxygen atoms in total. The van der Waals surface area contributed by atoms with Gasteiger partial charge in [0.25, 0.3) is 0 Å². The van der Waals surface area contributed by atoms with Crippen molar-refractivity contribution in [1.82, 2.24) is 9.88 Å². The van der Waals surface area contributed by atoms with Crippen LogP contribution >= 0.6 is 0 Å². The molecule has 4 aromatic rings. The van der Waals surface area contributed by atoms with E-state index in [-0.39, 0.29) is 85.6 Å². The number of rotatable bonds is 14. The van der Waals surface area contributed by atoms with Gasteiger partial charge in [0.15, 0.2) is 59.3 Å². The van der Waals surface area contributed by atoms with Crippen molar-refractivity contribution in [3.63, 3.8) is 0 Å². The Hall–Kier alpha value is -5.64. The van der Waals surface area contributed by atoms with Crippen LogP contribution in [0.15, 0.2) is 72.8 Å². The molecule has 0 saturated heterocycles. The summed E-state index contributed by atoms with van der Waals surface area (Å²) in [6.45, 7) is 0.0255. The van der Waals surface area contributed by atoms with Gasteiger partial charge in [-0.05, 0) is 61.1 Å². The van der Waals surface area contributed by atoms with Crippen molar-refractivity contribution < 1.29 is 61.5 Å². The molecule has 2 aliphatic heterocycles. The molecule has 15 heteroatoms. The van der Waals surface area contributed by atoms with Gasteiger partial charge in [-0.2, -0.15) is 13.2 Å². The number of nitrogens with zero attached hydrogens (tertiary/aromatic N) is 2. The standard InChI is InChI=1S/C39H35F3N2O10/c1-44(18-24-4-2-3-5-26(24)30(47)12-10-28(45)23-6-14-32-35(17-23)54-37(50)20-51-32)19-25-8-9-27(39(40,41)42)38(43-25)31(48)13-11-29(46)22-7-15-33-34(16-22)52-21-36(49)53-33/h2-9,14-17,36-37,49-50H,10-13,18-21H2,1H3. The lowest BCUT2D eigenvalue weighted by Gasteiger charge is -2.23. The molecule has 54 heavy (non-hydrogen) atoms. The van der Waals surface area contributed by atoms with Gasteiger partial charge in [-0.15, -0.1) is 0 Å². The Kier molecular flexibility index (Phi) is 11.4. The molecule has 3 heterocycles. The normalized spacial score (nSPS) is 16.2. The molecule has 1 aromatic heterocycles. The fourth-order valence-electron chi connectivity index (χ4n) is 6.05. The number of halogens is 3. The molecule has 2 unspecified atom stereocenters. The number of Topliss-reactive ketones (excluding diaryl/α,β-unsaturated/α-hetero) is 4. The highest BCUT2D eigenvalue weighted by atomic mass is 19.4. The zero-order valence-electron chi connectivity index (χ0n) is 28.9. The molecule has 3 aromatic carbocycles. The highest BCUT2D eigenvalue weighted by Gasteiger charge is 2.36. The monoisotopic (exact) mass is 748 g/mol. The molecule has 0 aliphatic carbocycles. The quantitative estimate of drug-likeness (QED) is 0.154. The lowest BCUT2D eigenvalue weighted by Crippen LogP contribution is -2.28. The van der Waals surface area contributed by atoms with Crippen LogP contribution in [0.3, 0.4) is 0 Å². The summed E-state index contributed by atoms with van der Waals surface area (Å²) in [5.74, 6) is -1.00. The van der Waals surface area contributed by atoms with Crippen LogP contribution in [0.25, 0.3) is 0 Å². The Bertz CT molecular complexity index is 2090. The first kappa shape index (κ1) is 38.1. The SMILES string of the molecule is CN(Cc1ccc(C(F)(F)F)c(C(=O)CCC(=O)c2ccc3c(c2)OCC(O)O3)n1)Cc1ccccc1C(=O)CCC(=O)c1ccc2c(c1)OC(O)CO2. The number of aliphatic hydroxyl groups excluding tert-OH is 2. The molecule has 0 amide bonds. The molecular formula is C39H35F3N2O10. The van der Waals surface area contributed by atoms with Crippen molar-refractivity contribution in [2.45, 2.75) is 57.5 Å². The number of hydrogen-bond acceptors (Lipinski definition) is 12. The van der Waals surface area contributed by atoms with Crippen LogP contribution in [0.1, 0.15) is 84.1 Å². The van der Waals surface area contributed by atoms with E-state index in [1.165, 1.54) is 30.3 Å². The maximum absolute atomic E-state index is 14.0. The Morgan fingerprint density at radius 3 is 1.96 bits per heavy atom. The summed E-state index contributed by atoms with van der Waals surface area (Å²) in [6, 6.07) is 17.5. The molecule has 2 N–H and O–H groups in total. The third-order valence-corrected chi connectivity index (χ3v) is 8.69. The van der Waals surface area contributed by atoms with Gasteiger partial charge in [0.2, 0.25) is 12.6 Å². The van der Waals surface area contributed by atoms with E-state index in [2.05, 4.69) is 4.98 Å². The van der Waals surface area contributed by atoms with E-state index in [1.54, 1.807) is 48.3 Å². The van der Waals surface area contributed by atoms with Crippen LogP contribution in [0, 0.1) is 0 Å². The predicted molar refractivity (Wildman–Crippen MR) is 184 cm³/mol. The Morgan fingerprint density at radius 2 is 1.28 bits per heavy atom. The van der Waals surface area contributed by atoms with Crippen LogP contribution < -0.4 is 18.9 Å². The van der Waals surface area contributed by atoms with Crippen LogP contribution in [-0.4, -0.2) is 76.1 Å². The average molecular weight is 749 g/mol. The van der Waals surface area contributed by atoms with Crippen LogP contribution in [-0.2, 0) is 19.3 Å². The second kappa shape index (κ2) is 16.2. The fraction of sp³-hybridized carbons (Fsp3) is 0.308. The Balaban J connectivity index is 1.08. The highest BCUT2D eigenvalue weighted by Crippen LogP contribution is 2.35. The molecule has 6 rings (SSSR count). The molecule has 0 radical (unpaired) electrons. The molecule has 0 saturated carbocycles. The number of hydrogen-bond donors (Lipinski definition) is 2. The summed E-state index contributed by atoms with van der Waals surface area (Å²) in [5.41, 5.74) is -0.413. The predicted octanol–water partition coefficient (Wildman–Crippen LogP) is 5.60. The molecule has 0 bridgehead atoms. The summed E-state index contributed by atoms with van der Waals surface area (Å²) >= 11 is 0. The summed E-state index contributed by atoms with van der Waals surface area (Å²) in [5, 5.41) is 19.2. The number of carbonyl (C=O) groups is 4. The van der Waals surface area contributed by atoms with Crippen molar-refractivity contribution in [2.75, 3.05) is 20.3 Å². The number of aromatic nitrogens is 1. The molecule has 0 fully saturated rings. The summed E-state index contributed by atoms with van der Waals surface area (Å²) in [7, 11) is 1.68. The van der Waals surface area contributed by atoms with E-state index in [9.17, 15) is 42.6 Å². The van der Waals surface area contributed by atoms with Crippen molar-refractivity contribution in [2.24, 2.45) is 0 Å². The number of pyridine rings is 1. The van der Waals surface area contributed by atoms with E-state index >= 15 is 0 Å². The largest absolute Gasteiger partial charge is 0.483 e. The van der Waals surface area contributed by atoms with Gasteiger partial charge in [-0.25, -0.2) is 4.98 Å². The molecule has 0 spiro atoms. The lowest BCUT2D eigenvalue weighted by atomic mass is 9.97. The first-order valence-corrected chi connectivity index (χ1v) is 16.9. The van der Waals surface area contributed by atoms with E-state index in [0.29, 0.717) is 22.4 Å². The second-order valence-corrected chi connectivity index (χ2v) is 12.8. The van der Waals surface area contributed by atoms with Gasteiger partial charge < -0.3 is 29.2 Å². The molecule has 2 atom stereocenters. The number of aliphatic hydroxyl groups is 2. The molecule has 2 aliphatic rings. The second-order valence-electron chi connectivity index (χ2n) is 12.8. The minimum Gasteiger partial charge on any atom is -0.483 e. The van der Waals surface area contributed by atoms with Crippen LogP contribution in [0.2, 0.25) is 0 Å². The first-order valence-electron chi connectivity index (χ1n) is 16.9. The van der Waals surface area contributed by atoms with Crippen LogP contribution in [0.5, 0.6) is 23.0 Å². The van der Waals surface area contributed by atoms with Gasteiger partial charge in [0.1, 0.15) is 5.69 Å². The zero-order valence-corrected chi connectivity index (χ0v) is 28.9. The number of carbonyl (C=O) groups excluding carboxylic acids is 4. The van der Waals surface area contributed by atoms with Gasteiger partial charge in [-0.1, -0.05) is 24.3 Å². The number of fused-ring (bicyclic) bond motifs is 2. The number of benzene rings is 3. The maximum atomic E-state index is 14.0. The topological polar surface area (TPSA) is 162 Å². The highest BCUT2D eigenvalue weighted by molar-refractivity contribution is 6.03. The third-order valence-electron chi connectivity index (χ3n) is 8.69. The molecular weight excluding hydrogens is 713 g/mol. The van der Waals surface area contributed by atoms with Gasteiger partial charge in [0.05, 0.1) is 11.3 Å². The van der Waals surface area contributed by atoms with Gasteiger partial charge in [-0.3, -0.25) is 24.1 Å². The summed E-state index contributed by atoms with van der Waals surface area (Å²) in [4.78, 5) is 58.0. The van der Waals surface area contributed by atoms with E-state index in [0.717, 1.165) is 6.07 Å². The van der Waals surface area contributed by atoms with Crippen molar-refractivity contribution in [3.8, 4) is 23.0 Å². The van der Waals surface area contributed by atoms with Gasteiger partial charge >= 0.3 is 6.18 Å². The van der Waals surface area contributed by atoms with E-state index < -0.39 is 48.0 Å². The van der Waals surface area contributed by atoms with Crippen LogP contribution in [0.4, 0.5) is 13.2 Å². The van der Waals surface area contributed by atoms with Crippen molar-refractivity contribution in [3.05, 3.63) is 112 Å². The van der Waals surface area contributed by atoms with Crippen molar-refractivity contribution >= 4 is 23.1 Å². The summed E-state index contributed by atoms with van der Waals surface area (Å²) < 4.78 is 63.1. The number of ketones is 4. The Morgan fingerprint density at radius 1 is 0.704 bits per heavy atom. The minimum atomic E-state index is -4.88. The summed E-state index contributed by atoms with van der Waals surface area (Å²) in [6.07, 6.45) is -8.29. The lowest BCUT2D eigenvalue weighted by molar-refractivity contribution is -0.138. The average Bonchev–Trinajstić information content (AvgIpc) is 3.14. The smallest absolute Gasteiger partial charge is 0.418 e. The van der Waals surface area contributed by atoms with E-state index in [4.69, 9.17) is 18.9 Å². The number of ether oxygens (including phenoxy) is 4. The van der Waals surface area contributed by atoms with E-state index in [1.807, 2.05) is 0 Å². The molecule has 282 valence electrons. The van der Waals surface area contributed by atoms with Gasteiger partial charge in [0, 0.05) is 55.5 Å². The zero-order chi connectivity index (χ0) is 38.6. The first-order chi connectivity index (χ1) is 25.7. The Labute approximate surface area is 307 Å². The fourth-order valence-corrected chi connectivity index (χ4v) is 6.05. The third kappa shape index (κ3) is 9.10. The van der Waals surface area contributed by atoms with Crippen molar-refractivity contribution in [1.29, 1.82) is 0 Å².